The van der Waals surface area contributed by atoms with Crippen LogP contribution in [-0.2, 0) is 11.3 Å². The Kier molecular flexibility index (Phi) is 9.49. The highest BCUT2D eigenvalue weighted by molar-refractivity contribution is 6.42. The maximum absolute atomic E-state index is 13.9. The number of halogens is 4. The molecule has 0 bridgehead atoms. The molecule has 1 N–H and O–H groups in total. The molecular formula is C31H30Cl4N2O3. The molecule has 1 amide bonds. The Morgan fingerprint density at radius 3 is 2.35 bits per heavy atom. The molecular weight excluding hydrogens is 590 g/mol. The minimum Gasteiger partial charge on any atom is -0.490 e. The average Bonchev–Trinajstić information content (AvgIpc) is 3.78. The Hall–Kier alpha value is -2.41. The number of aryl methyl sites for hydroxylation is 1. The molecule has 5 rings (SSSR count). The molecule has 2 aliphatic rings. The van der Waals surface area contributed by atoms with Crippen LogP contribution in [0.1, 0.15) is 36.0 Å². The first-order valence-electron chi connectivity index (χ1n) is 13.3. The maximum Gasteiger partial charge on any atom is 0.251 e. The van der Waals surface area contributed by atoms with Gasteiger partial charge >= 0.3 is 0 Å². The van der Waals surface area contributed by atoms with Gasteiger partial charge in [-0.2, -0.15) is 0 Å². The second-order valence-electron chi connectivity index (χ2n) is 10.0. The summed E-state index contributed by atoms with van der Waals surface area (Å²) in [6.45, 7) is 4.34. The van der Waals surface area contributed by atoms with E-state index in [-0.39, 0.29) is 11.9 Å². The fraction of sp³-hybridized carbons (Fsp3) is 0.323. The van der Waals surface area contributed by atoms with E-state index in [1.54, 1.807) is 6.07 Å². The third kappa shape index (κ3) is 6.89. The smallest absolute Gasteiger partial charge is 0.251 e. The maximum atomic E-state index is 13.9. The van der Waals surface area contributed by atoms with Gasteiger partial charge in [0.05, 0.1) is 20.1 Å². The molecule has 0 radical (unpaired) electrons. The lowest BCUT2D eigenvalue weighted by molar-refractivity contribution is -0.128. The molecule has 0 aromatic heterocycles. The molecule has 0 unspecified atom stereocenters. The van der Waals surface area contributed by atoms with Crippen LogP contribution in [0.25, 0.3) is 5.57 Å². The van der Waals surface area contributed by atoms with Crippen LogP contribution in [-0.4, -0.2) is 43.2 Å². The first-order chi connectivity index (χ1) is 19.3. The molecule has 0 spiro atoms. The van der Waals surface area contributed by atoms with Crippen molar-refractivity contribution in [2.75, 3.05) is 26.3 Å². The van der Waals surface area contributed by atoms with Crippen molar-refractivity contribution < 1.29 is 14.3 Å². The van der Waals surface area contributed by atoms with Crippen LogP contribution >= 0.6 is 46.4 Å². The Morgan fingerprint density at radius 2 is 1.65 bits per heavy atom. The number of carbonyl (C=O) groups excluding carboxylic acids is 1. The van der Waals surface area contributed by atoms with E-state index < -0.39 is 0 Å². The normalized spacial score (nSPS) is 15.2. The number of ether oxygens (including phenoxy) is 2. The van der Waals surface area contributed by atoms with E-state index in [9.17, 15) is 4.79 Å². The Labute approximate surface area is 254 Å². The van der Waals surface area contributed by atoms with Crippen LogP contribution in [0, 0.1) is 6.92 Å². The van der Waals surface area contributed by atoms with Gasteiger partial charge in [-0.3, -0.25) is 4.79 Å². The van der Waals surface area contributed by atoms with E-state index in [1.807, 2.05) is 60.4 Å². The summed E-state index contributed by atoms with van der Waals surface area (Å²) in [5.74, 6) is 1.22. The number of rotatable bonds is 10. The molecule has 0 atom stereocenters. The van der Waals surface area contributed by atoms with E-state index in [2.05, 4.69) is 5.32 Å². The molecule has 1 heterocycles. The van der Waals surface area contributed by atoms with Crippen molar-refractivity contribution in [1.29, 1.82) is 0 Å². The molecule has 0 saturated heterocycles. The molecule has 1 saturated carbocycles. The highest BCUT2D eigenvalue weighted by Gasteiger charge is 2.35. The van der Waals surface area contributed by atoms with E-state index in [0.29, 0.717) is 57.9 Å². The number of carbonyl (C=O) groups is 1. The zero-order chi connectivity index (χ0) is 28.2. The van der Waals surface area contributed by atoms with Gasteiger partial charge in [-0.05, 0) is 85.3 Å². The zero-order valence-corrected chi connectivity index (χ0v) is 25.1. The molecule has 210 valence electrons. The van der Waals surface area contributed by atoms with Crippen LogP contribution < -0.4 is 14.8 Å². The lowest BCUT2D eigenvalue weighted by Crippen LogP contribution is -2.39. The predicted molar refractivity (Wildman–Crippen MR) is 163 cm³/mol. The summed E-state index contributed by atoms with van der Waals surface area (Å²) < 4.78 is 11.6. The third-order valence-electron chi connectivity index (χ3n) is 7.04. The Morgan fingerprint density at radius 1 is 0.950 bits per heavy atom. The van der Waals surface area contributed by atoms with Crippen LogP contribution in [0.5, 0.6) is 11.5 Å². The van der Waals surface area contributed by atoms with E-state index in [4.69, 9.17) is 55.9 Å². The quantitative estimate of drug-likeness (QED) is 0.234. The standard InChI is InChI=1S/C31H30Cl4N2O3/c1-19-15-27(33)30(28(34)16-19)40-14-13-39-23-9-5-20(6-10-23)24-11-12-36-17-25(24)31(38)37(22-7-8-22)18-21-3-2-4-26(32)29(21)35/h2-6,9-10,15-16,22,36H,7-8,11-14,17-18H2,1H3. The van der Waals surface area contributed by atoms with Crippen molar-refractivity contribution in [3.63, 3.8) is 0 Å². The summed E-state index contributed by atoms with van der Waals surface area (Å²) in [5, 5.41) is 5.33. The van der Waals surface area contributed by atoms with E-state index in [1.165, 1.54) is 0 Å². The molecule has 1 aliphatic heterocycles. The lowest BCUT2D eigenvalue weighted by Gasteiger charge is -2.28. The Bertz CT molecular complexity index is 1400. The molecule has 3 aromatic carbocycles. The number of hydrogen-bond donors (Lipinski definition) is 1. The summed E-state index contributed by atoms with van der Waals surface area (Å²) in [4.78, 5) is 15.8. The van der Waals surface area contributed by atoms with Crippen molar-refractivity contribution in [2.45, 2.75) is 38.8 Å². The van der Waals surface area contributed by atoms with Crippen molar-refractivity contribution in [3.05, 3.63) is 97.0 Å². The third-order valence-corrected chi connectivity index (χ3v) is 8.46. The first-order valence-corrected chi connectivity index (χ1v) is 14.8. The first kappa shape index (κ1) is 29.1. The number of nitrogens with one attached hydrogen (secondary N) is 1. The van der Waals surface area contributed by atoms with Gasteiger partial charge in [0.25, 0.3) is 5.91 Å². The van der Waals surface area contributed by atoms with Crippen LogP contribution in [0.3, 0.4) is 0 Å². The van der Waals surface area contributed by atoms with Crippen LogP contribution in [0.4, 0.5) is 0 Å². The summed E-state index contributed by atoms with van der Waals surface area (Å²) in [6, 6.07) is 17.3. The topological polar surface area (TPSA) is 50.8 Å². The van der Waals surface area contributed by atoms with E-state index in [0.717, 1.165) is 53.6 Å². The summed E-state index contributed by atoms with van der Waals surface area (Å²) >= 11 is 25.2. The summed E-state index contributed by atoms with van der Waals surface area (Å²) in [7, 11) is 0. The second kappa shape index (κ2) is 13.1. The van der Waals surface area contributed by atoms with Gasteiger partial charge in [-0.15, -0.1) is 0 Å². The Balaban J connectivity index is 1.26. The summed E-state index contributed by atoms with van der Waals surface area (Å²) in [6.07, 6.45) is 2.76. The fourth-order valence-corrected chi connectivity index (χ4v) is 5.95. The van der Waals surface area contributed by atoms with Crippen molar-refractivity contribution >= 4 is 57.9 Å². The van der Waals surface area contributed by atoms with Gasteiger partial charge in [-0.25, -0.2) is 0 Å². The van der Waals surface area contributed by atoms with Gasteiger partial charge in [0.2, 0.25) is 0 Å². The SMILES string of the molecule is Cc1cc(Cl)c(OCCOc2ccc(C3=C(C(=O)N(Cc4cccc(Cl)c4Cl)C4CC4)CNCC3)cc2)c(Cl)c1. The monoisotopic (exact) mass is 618 g/mol. The zero-order valence-electron chi connectivity index (χ0n) is 22.1. The molecule has 40 heavy (non-hydrogen) atoms. The minimum atomic E-state index is 0.0478. The van der Waals surface area contributed by atoms with Crippen molar-refractivity contribution in [1.82, 2.24) is 10.2 Å². The van der Waals surface area contributed by atoms with Gasteiger partial charge in [0.15, 0.2) is 5.75 Å². The lowest BCUT2D eigenvalue weighted by atomic mass is 9.93. The fourth-order valence-electron chi connectivity index (χ4n) is 4.87. The van der Waals surface area contributed by atoms with Crippen molar-refractivity contribution in [2.24, 2.45) is 0 Å². The number of hydrogen-bond acceptors (Lipinski definition) is 4. The number of amides is 1. The van der Waals surface area contributed by atoms with E-state index >= 15 is 0 Å². The van der Waals surface area contributed by atoms with Gasteiger partial charge in [0, 0.05) is 24.7 Å². The molecule has 1 fully saturated rings. The van der Waals surface area contributed by atoms with Crippen LogP contribution in [0.15, 0.2) is 60.2 Å². The van der Waals surface area contributed by atoms with Gasteiger partial charge < -0.3 is 19.7 Å². The average molecular weight is 620 g/mol. The molecule has 5 nitrogen and oxygen atoms in total. The van der Waals surface area contributed by atoms with Crippen molar-refractivity contribution in [3.8, 4) is 11.5 Å². The molecule has 1 aliphatic carbocycles. The number of nitrogens with zero attached hydrogens (tertiary/aromatic N) is 1. The predicted octanol–water partition coefficient (Wildman–Crippen LogP) is 8.00. The summed E-state index contributed by atoms with van der Waals surface area (Å²) in [5.41, 5.74) is 4.70. The molecule has 9 heteroatoms. The highest BCUT2D eigenvalue weighted by atomic mass is 35.5. The van der Waals surface area contributed by atoms with Gasteiger partial charge in [0.1, 0.15) is 19.0 Å². The van der Waals surface area contributed by atoms with Gasteiger partial charge in [-0.1, -0.05) is 70.7 Å². The van der Waals surface area contributed by atoms with Crippen LogP contribution in [0.2, 0.25) is 20.1 Å². The molecule has 3 aromatic rings. The minimum absolute atomic E-state index is 0.0478. The number of benzene rings is 3. The largest absolute Gasteiger partial charge is 0.490 e. The second-order valence-corrected chi connectivity index (χ2v) is 11.6. The highest BCUT2D eigenvalue weighted by Crippen LogP contribution is 2.36.